The number of carbonyl (C=O) groups excluding carboxylic acids is 1. The van der Waals surface area contributed by atoms with Crippen LogP contribution >= 0.6 is 0 Å². The fourth-order valence-electron chi connectivity index (χ4n) is 3.74. The summed E-state index contributed by atoms with van der Waals surface area (Å²) in [6.45, 7) is 4.66. The Kier molecular flexibility index (Phi) is 7.22. The number of ether oxygens (including phenoxy) is 2. The third-order valence-corrected chi connectivity index (χ3v) is 5.49. The Bertz CT molecular complexity index is 794. The van der Waals surface area contributed by atoms with Crippen molar-refractivity contribution in [1.82, 2.24) is 10.6 Å². The summed E-state index contributed by atoms with van der Waals surface area (Å²) in [5.74, 6) is 2.12. The van der Waals surface area contributed by atoms with E-state index in [1.165, 1.54) is 5.69 Å². The minimum absolute atomic E-state index is 0.0160. The van der Waals surface area contributed by atoms with Crippen LogP contribution in [0.15, 0.2) is 48.5 Å². The number of amides is 2. The smallest absolute Gasteiger partial charge is 0.315 e. The van der Waals surface area contributed by atoms with Gasteiger partial charge in [-0.3, -0.25) is 0 Å². The van der Waals surface area contributed by atoms with Gasteiger partial charge in [0.25, 0.3) is 0 Å². The van der Waals surface area contributed by atoms with Crippen molar-refractivity contribution < 1.29 is 14.3 Å². The van der Waals surface area contributed by atoms with Crippen molar-refractivity contribution in [2.24, 2.45) is 5.92 Å². The van der Waals surface area contributed by atoms with Gasteiger partial charge in [0.2, 0.25) is 0 Å². The molecule has 6 nitrogen and oxygen atoms in total. The molecule has 156 valence electrons. The Balaban J connectivity index is 1.47. The van der Waals surface area contributed by atoms with Crippen LogP contribution in [-0.2, 0) is 0 Å². The first-order valence-electron chi connectivity index (χ1n) is 10.2. The van der Waals surface area contributed by atoms with Crippen molar-refractivity contribution in [3.05, 3.63) is 54.1 Å². The van der Waals surface area contributed by atoms with Gasteiger partial charge in [-0.1, -0.05) is 25.1 Å². The van der Waals surface area contributed by atoms with Gasteiger partial charge in [-0.2, -0.15) is 0 Å². The molecule has 1 heterocycles. The molecule has 2 unspecified atom stereocenters. The monoisotopic (exact) mass is 397 g/mol. The first kappa shape index (κ1) is 20.8. The lowest BCUT2D eigenvalue weighted by molar-refractivity contribution is 0.235. The fraction of sp³-hybridized carbons (Fsp3) is 0.435. The molecule has 1 saturated heterocycles. The number of carbonyl (C=O) groups is 1. The second kappa shape index (κ2) is 10.0. The van der Waals surface area contributed by atoms with E-state index < -0.39 is 0 Å². The van der Waals surface area contributed by atoms with E-state index in [1.54, 1.807) is 14.2 Å². The van der Waals surface area contributed by atoms with Gasteiger partial charge in [-0.15, -0.1) is 0 Å². The maximum absolute atomic E-state index is 12.4. The highest BCUT2D eigenvalue weighted by molar-refractivity contribution is 5.74. The Morgan fingerprint density at radius 2 is 1.90 bits per heavy atom. The molecular weight excluding hydrogens is 366 g/mol. The third kappa shape index (κ3) is 5.56. The Morgan fingerprint density at radius 1 is 1.14 bits per heavy atom. The van der Waals surface area contributed by atoms with Gasteiger partial charge in [0.1, 0.15) is 11.5 Å². The summed E-state index contributed by atoms with van der Waals surface area (Å²) >= 11 is 0. The van der Waals surface area contributed by atoms with Crippen LogP contribution in [0.5, 0.6) is 11.5 Å². The van der Waals surface area contributed by atoms with Crippen LogP contribution < -0.4 is 25.0 Å². The van der Waals surface area contributed by atoms with Crippen molar-refractivity contribution >= 4 is 11.7 Å². The lowest BCUT2D eigenvalue weighted by Gasteiger charge is -2.21. The van der Waals surface area contributed by atoms with Gasteiger partial charge >= 0.3 is 6.03 Å². The summed E-state index contributed by atoms with van der Waals surface area (Å²) in [7, 11) is 3.33. The van der Waals surface area contributed by atoms with Crippen LogP contribution in [0.1, 0.15) is 31.4 Å². The van der Waals surface area contributed by atoms with E-state index in [2.05, 4.69) is 34.6 Å². The Hall–Kier alpha value is -2.89. The van der Waals surface area contributed by atoms with E-state index in [9.17, 15) is 4.79 Å². The summed E-state index contributed by atoms with van der Waals surface area (Å²) in [6, 6.07) is 15.8. The molecule has 0 spiro atoms. The number of hydrogen-bond donors (Lipinski definition) is 2. The molecule has 1 aliphatic rings. The zero-order valence-electron chi connectivity index (χ0n) is 17.5. The van der Waals surface area contributed by atoms with Gasteiger partial charge in [-0.05, 0) is 48.6 Å². The van der Waals surface area contributed by atoms with Crippen LogP contribution in [0.2, 0.25) is 0 Å². The van der Waals surface area contributed by atoms with Crippen LogP contribution in [0.25, 0.3) is 0 Å². The average Bonchev–Trinajstić information content (AvgIpc) is 3.25. The molecule has 29 heavy (non-hydrogen) atoms. The normalized spacial score (nSPS) is 16.9. The van der Waals surface area contributed by atoms with Crippen LogP contribution in [0.4, 0.5) is 10.5 Å². The topological polar surface area (TPSA) is 62.8 Å². The van der Waals surface area contributed by atoms with Gasteiger partial charge in [-0.25, -0.2) is 4.79 Å². The standard InChI is InChI=1S/C23H31N3O3/c1-4-22(18-8-10-20(28-2)11-9-18)25-23(27)24-15-17-12-13-26(16-17)19-6-5-7-21(14-19)29-3/h5-11,14,17,22H,4,12-13,15-16H2,1-3H3,(H2,24,25,27). The highest BCUT2D eigenvalue weighted by atomic mass is 16.5. The van der Waals surface area contributed by atoms with Crippen LogP contribution in [0, 0.1) is 5.92 Å². The Morgan fingerprint density at radius 3 is 2.59 bits per heavy atom. The zero-order chi connectivity index (χ0) is 20.6. The number of methoxy groups -OCH3 is 2. The van der Waals surface area contributed by atoms with Crippen molar-refractivity contribution in [1.29, 1.82) is 0 Å². The number of rotatable bonds is 8. The molecule has 6 heteroatoms. The predicted molar refractivity (Wildman–Crippen MR) is 116 cm³/mol. The SMILES string of the molecule is CCC(NC(=O)NCC1CCN(c2cccc(OC)c2)C1)c1ccc(OC)cc1. The zero-order valence-corrected chi connectivity index (χ0v) is 17.5. The van der Waals surface area contributed by atoms with Gasteiger partial charge < -0.3 is 25.0 Å². The van der Waals surface area contributed by atoms with Gasteiger partial charge in [0.05, 0.1) is 20.3 Å². The molecule has 2 aromatic carbocycles. The van der Waals surface area contributed by atoms with Crippen molar-refractivity contribution in [3.8, 4) is 11.5 Å². The summed E-state index contributed by atoms with van der Waals surface area (Å²) < 4.78 is 10.5. The average molecular weight is 398 g/mol. The van der Waals surface area contributed by atoms with Crippen molar-refractivity contribution in [2.45, 2.75) is 25.8 Å². The number of nitrogens with one attached hydrogen (secondary N) is 2. The summed E-state index contributed by atoms with van der Waals surface area (Å²) in [6.07, 6.45) is 1.89. The summed E-state index contributed by atoms with van der Waals surface area (Å²) in [5.41, 5.74) is 2.25. The molecule has 2 atom stereocenters. The molecule has 2 N–H and O–H groups in total. The number of hydrogen-bond acceptors (Lipinski definition) is 4. The predicted octanol–water partition coefficient (Wildman–Crippen LogP) is 3.98. The molecule has 2 aromatic rings. The highest BCUT2D eigenvalue weighted by Crippen LogP contribution is 2.26. The molecule has 0 radical (unpaired) electrons. The van der Waals surface area contributed by atoms with E-state index >= 15 is 0 Å². The van der Waals surface area contributed by atoms with E-state index in [1.807, 2.05) is 36.4 Å². The molecule has 0 aliphatic carbocycles. The molecule has 3 rings (SSSR count). The summed E-state index contributed by atoms with van der Waals surface area (Å²) in [4.78, 5) is 14.8. The van der Waals surface area contributed by atoms with Gasteiger partial charge in [0, 0.05) is 31.4 Å². The number of anilines is 1. The lowest BCUT2D eigenvalue weighted by atomic mass is 10.0. The second-order valence-electron chi connectivity index (χ2n) is 7.39. The number of nitrogens with zero attached hydrogens (tertiary/aromatic N) is 1. The molecule has 1 aliphatic heterocycles. The second-order valence-corrected chi connectivity index (χ2v) is 7.39. The largest absolute Gasteiger partial charge is 0.497 e. The maximum Gasteiger partial charge on any atom is 0.315 e. The minimum Gasteiger partial charge on any atom is -0.497 e. The highest BCUT2D eigenvalue weighted by Gasteiger charge is 2.23. The lowest BCUT2D eigenvalue weighted by Crippen LogP contribution is -2.40. The maximum atomic E-state index is 12.4. The first-order chi connectivity index (χ1) is 14.1. The number of benzene rings is 2. The van der Waals surface area contributed by atoms with E-state index in [4.69, 9.17) is 9.47 Å². The Labute approximate surface area is 173 Å². The van der Waals surface area contributed by atoms with E-state index in [0.29, 0.717) is 12.5 Å². The summed E-state index contributed by atoms with van der Waals surface area (Å²) in [5, 5.41) is 6.13. The van der Waals surface area contributed by atoms with E-state index in [-0.39, 0.29) is 12.1 Å². The molecule has 2 amide bonds. The molecule has 0 aromatic heterocycles. The molecule has 1 fully saturated rings. The molecule has 0 bridgehead atoms. The molecule has 0 saturated carbocycles. The van der Waals surface area contributed by atoms with Crippen LogP contribution in [-0.4, -0.2) is 39.9 Å². The first-order valence-corrected chi connectivity index (χ1v) is 10.2. The third-order valence-electron chi connectivity index (χ3n) is 5.49. The van der Waals surface area contributed by atoms with Crippen molar-refractivity contribution in [3.63, 3.8) is 0 Å². The van der Waals surface area contributed by atoms with Crippen molar-refractivity contribution in [2.75, 3.05) is 38.8 Å². The number of urea groups is 1. The molecular formula is C23H31N3O3. The quantitative estimate of drug-likeness (QED) is 0.707. The van der Waals surface area contributed by atoms with E-state index in [0.717, 1.165) is 43.0 Å². The fourth-order valence-corrected chi connectivity index (χ4v) is 3.74. The van der Waals surface area contributed by atoms with Gasteiger partial charge in [0.15, 0.2) is 0 Å². The van der Waals surface area contributed by atoms with Crippen LogP contribution in [0.3, 0.4) is 0 Å². The minimum atomic E-state index is -0.118.